The Morgan fingerprint density at radius 1 is 1.39 bits per heavy atom. The molecule has 18 heavy (non-hydrogen) atoms. The summed E-state index contributed by atoms with van der Waals surface area (Å²) in [5, 5.41) is 14.0. The molecule has 2 nitrogen and oxygen atoms in total. The van der Waals surface area contributed by atoms with Crippen molar-refractivity contribution in [1.82, 2.24) is 5.32 Å². The molecule has 0 saturated heterocycles. The summed E-state index contributed by atoms with van der Waals surface area (Å²) in [5.41, 5.74) is 0.621. The van der Waals surface area contributed by atoms with Crippen molar-refractivity contribution in [3.63, 3.8) is 0 Å². The van der Waals surface area contributed by atoms with Gasteiger partial charge in [-0.15, -0.1) is 11.3 Å². The molecule has 1 atom stereocenters. The summed E-state index contributed by atoms with van der Waals surface area (Å²) in [6.45, 7) is 2.46. The molecular formula is C14H13FN2S. The fraction of sp³-hybridized carbons (Fsp3) is 0.214. The average Bonchev–Trinajstić information content (AvgIpc) is 2.91. The molecule has 2 rings (SSSR count). The molecule has 1 N–H and O–H groups in total. The second kappa shape index (κ2) is 5.76. The Kier molecular flexibility index (Phi) is 4.08. The van der Waals surface area contributed by atoms with Crippen LogP contribution in [-0.2, 0) is 6.54 Å². The van der Waals surface area contributed by atoms with Gasteiger partial charge in [0.1, 0.15) is 11.9 Å². The zero-order valence-electron chi connectivity index (χ0n) is 9.98. The third kappa shape index (κ3) is 2.76. The highest BCUT2D eigenvalue weighted by atomic mass is 32.1. The van der Waals surface area contributed by atoms with Gasteiger partial charge in [0.05, 0.1) is 5.56 Å². The molecule has 0 amide bonds. The van der Waals surface area contributed by atoms with Crippen LogP contribution >= 0.6 is 11.3 Å². The lowest BCUT2D eigenvalue weighted by molar-refractivity contribution is 0.547. The molecule has 4 heteroatoms. The van der Waals surface area contributed by atoms with E-state index in [0.717, 1.165) is 0 Å². The van der Waals surface area contributed by atoms with Gasteiger partial charge in [-0.1, -0.05) is 18.2 Å². The standard InChI is InChI=1S/C14H13FN2S/c1-10(13-6-3-7-18-13)17-9-12-5-2-4-11(8-16)14(12)15/h2-7,10,17H,9H2,1H3/t10-/m0/s1. The van der Waals surface area contributed by atoms with Crippen LogP contribution in [0.1, 0.15) is 29.0 Å². The molecule has 0 bridgehead atoms. The first-order valence-corrected chi connectivity index (χ1v) is 6.54. The summed E-state index contributed by atoms with van der Waals surface area (Å²) in [4.78, 5) is 1.21. The molecule has 1 aromatic heterocycles. The lowest BCUT2D eigenvalue weighted by atomic mass is 10.1. The zero-order valence-corrected chi connectivity index (χ0v) is 10.8. The van der Waals surface area contributed by atoms with Crippen LogP contribution in [0.25, 0.3) is 0 Å². The average molecular weight is 260 g/mol. The van der Waals surface area contributed by atoms with E-state index in [1.54, 1.807) is 23.5 Å². The number of nitriles is 1. The highest BCUT2D eigenvalue weighted by molar-refractivity contribution is 7.10. The molecule has 0 radical (unpaired) electrons. The summed E-state index contributed by atoms with van der Waals surface area (Å²) in [7, 11) is 0. The third-order valence-electron chi connectivity index (χ3n) is 2.77. The van der Waals surface area contributed by atoms with E-state index in [1.807, 2.05) is 30.5 Å². The summed E-state index contributed by atoms with van der Waals surface area (Å²) in [6.07, 6.45) is 0. The van der Waals surface area contributed by atoms with Crippen LogP contribution < -0.4 is 5.32 Å². The molecule has 92 valence electrons. The molecule has 1 heterocycles. The summed E-state index contributed by atoms with van der Waals surface area (Å²) in [5.74, 6) is -0.425. The van der Waals surface area contributed by atoms with Crippen LogP contribution in [0.2, 0.25) is 0 Å². The maximum absolute atomic E-state index is 13.8. The van der Waals surface area contributed by atoms with Gasteiger partial charge in [0, 0.05) is 23.0 Å². The predicted octanol–water partition coefficient (Wildman–Crippen LogP) is 3.61. The topological polar surface area (TPSA) is 35.8 Å². The van der Waals surface area contributed by atoms with Gasteiger partial charge >= 0.3 is 0 Å². The van der Waals surface area contributed by atoms with Crippen LogP contribution in [0.4, 0.5) is 4.39 Å². The number of halogens is 1. The van der Waals surface area contributed by atoms with E-state index >= 15 is 0 Å². The molecule has 0 aliphatic rings. The van der Waals surface area contributed by atoms with E-state index in [0.29, 0.717) is 12.1 Å². The van der Waals surface area contributed by atoms with E-state index in [-0.39, 0.29) is 11.6 Å². The number of nitrogens with zero attached hydrogens (tertiary/aromatic N) is 1. The van der Waals surface area contributed by atoms with Crippen LogP contribution in [0.5, 0.6) is 0 Å². The number of thiophene rings is 1. The van der Waals surface area contributed by atoms with E-state index in [4.69, 9.17) is 5.26 Å². The number of benzene rings is 1. The second-order valence-electron chi connectivity index (χ2n) is 4.01. The molecule has 0 fully saturated rings. The Bertz CT molecular complexity index is 558. The van der Waals surface area contributed by atoms with E-state index in [2.05, 4.69) is 5.32 Å². The fourth-order valence-corrected chi connectivity index (χ4v) is 2.46. The molecule has 0 saturated carbocycles. The Morgan fingerprint density at radius 3 is 2.89 bits per heavy atom. The highest BCUT2D eigenvalue weighted by Crippen LogP contribution is 2.19. The van der Waals surface area contributed by atoms with Crippen molar-refractivity contribution < 1.29 is 4.39 Å². The molecule has 0 spiro atoms. The Balaban J connectivity index is 2.05. The second-order valence-corrected chi connectivity index (χ2v) is 4.99. The van der Waals surface area contributed by atoms with Crippen molar-refractivity contribution in [3.8, 4) is 6.07 Å². The van der Waals surface area contributed by atoms with Crippen molar-refractivity contribution in [3.05, 3.63) is 57.5 Å². The summed E-state index contributed by atoms with van der Waals surface area (Å²) < 4.78 is 13.8. The van der Waals surface area contributed by atoms with Gasteiger partial charge < -0.3 is 5.32 Å². The number of rotatable bonds is 4. The maximum Gasteiger partial charge on any atom is 0.145 e. The fourth-order valence-electron chi connectivity index (χ4n) is 1.70. The van der Waals surface area contributed by atoms with E-state index < -0.39 is 5.82 Å². The predicted molar refractivity (Wildman–Crippen MR) is 70.7 cm³/mol. The van der Waals surface area contributed by atoms with E-state index in [9.17, 15) is 4.39 Å². The lowest BCUT2D eigenvalue weighted by Crippen LogP contribution is -2.18. The maximum atomic E-state index is 13.8. The van der Waals surface area contributed by atoms with Crippen LogP contribution in [-0.4, -0.2) is 0 Å². The van der Waals surface area contributed by atoms with Crippen molar-refractivity contribution in [2.75, 3.05) is 0 Å². The van der Waals surface area contributed by atoms with Crippen LogP contribution in [0, 0.1) is 17.1 Å². The normalized spacial score (nSPS) is 12.1. The van der Waals surface area contributed by atoms with Crippen molar-refractivity contribution in [1.29, 1.82) is 5.26 Å². The first-order valence-electron chi connectivity index (χ1n) is 5.66. The quantitative estimate of drug-likeness (QED) is 0.911. The molecule has 2 aromatic rings. The summed E-state index contributed by atoms with van der Waals surface area (Å²) >= 11 is 1.67. The van der Waals surface area contributed by atoms with Crippen molar-refractivity contribution in [2.24, 2.45) is 0 Å². The van der Waals surface area contributed by atoms with Gasteiger partial charge in [-0.2, -0.15) is 5.26 Å². The first kappa shape index (κ1) is 12.7. The highest BCUT2D eigenvalue weighted by Gasteiger charge is 2.10. The van der Waals surface area contributed by atoms with Crippen molar-refractivity contribution in [2.45, 2.75) is 19.5 Å². The van der Waals surface area contributed by atoms with Crippen LogP contribution in [0.15, 0.2) is 35.7 Å². The molecular weight excluding hydrogens is 247 g/mol. The van der Waals surface area contributed by atoms with Gasteiger partial charge in [0.15, 0.2) is 0 Å². The third-order valence-corrected chi connectivity index (χ3v) is 3.82. The summed E-state index contributed by atoms with van der Waals surface area (Å²) in [6, 6.07) is 11.0. The minimum Gasteiger partial charge on any atom is -0.305 e. The minimum absolute atomic E-state index is 0.0954. The number of hydrogen-bond donors (Lipinski definition) is 1. The Morgan fingerprint density at radius 2 is 2.22 bits per heavy atom. The molecule has 0 unspecified atom stereocenters. The van der Waals surface area contributed by atoms with Gasteiger partial charge in [0.2, 0.25) is 0 Å². The van der Waals surface area contributed by atoms with Gasteiger partial charge in [-0.05, 0) is 24.4 Å². The molecule has 0 aliphatic heterocycles. The van der Waals surface area contributed by atoms with Gasteiger partial charge in [0.25, 0.3) is 0 Å². The number of nitrogens with one attached hydrogen (secondary N) is 1. The minimum atomic E-state index is -0.425. The van der Waals surface area contributed by atoms with Gasteiger partial charge in [-0.3, -0.25) is 0 Å². The Labute approximate surface area is 110 Å². The van der Waals surface area contributed by atoms with Gasteiger partial charge in [-0.25, -0.2) is 4.39 Å². The van der Waals surface area contributed by atoms with Crippen LogP contribution in [0.3, 0.4) is 0 Å². The van der Waals surface area contributed by atoms with E-state index in [1.165, 1.54) is 10.9 Å². The number of hydrogen-bond acceptors (Lipinski definition) is 3. The monoisotopic (exact) mass is 260 g/mol. The molecule has 0 aliphatic carbocycles. The van der Waals surface area contributed by atoms with Crippen molar-refractivity contribution >= 4 is 11.3 Å². The first-order chi connectivity index (χ1) is 8.72. The SMILES string of the molecule is C[C@H](NCc1cccc(C#N)c1F)c1cccs1. The smallest absolute Gasteiger partial charge is 0.145 e. The largest absolute Gasteiger partial charge is 0.305 e. The zero-order chi connectivity index (χ0) is 13.0. The Hall–Kier alpha value is -1.70. The molecule has 1 aromatic carbocycles. The lowest BCUT2D eigenvalue weighted by Gasteiger charge is -2.12.